The highest BCUT2D eigenvalue weighted by Gasteiger charge is 2.28. The standard InChI is InChI=1S/C21H27N3O2S/c1-17-6-2-3-7-20(17)18-10-14-23(15-11-18)21-9-8-19(16-22-21)27(25,26)24-12-4-5-13-24/h2-3,6-9,16,18H,4-5,10-15H2,1H3. The van der Waals surface area contributed by atoms with Crippen LogP contribution in [0.4, 0.5) is 5.82 Å². The molecule has 5 nitrogen and oxygen atoms in total. The van der Waals surface area contributed by atoms with E-state index < -0.39 is 10.0 Å². The molecule has 0 radical (unpaired) electrons. The number of benzene rings is 1. The van der Waals surface area contributed by atoms with Crippen LogP contribution in [0.25, 0.3) is 0 Å². The number of nitrogens with zero attached hydrogens (tertiary/aromatic N) is 3. The lowest BCUT2D eigenvalue weighted by Crippen LogP contribution is -2.33. The Morgan fingerprint density at radius 2 is 1.67 bits per heavy atom. The van der Waals surface area contributed by atoms with E-state index in [9.17, 15) is 8.42 Å². The molecule has 2 aliphatic heterocycles. The second kappa shape index (κ2) is 7.60. The highest BCUT2D eigenvalue weighted by molar-refractivity contribution is 7.89. The van der Waals surface area contributed by atoms with Crippen LogP contribution < -0.4 is 4.90 Å². The Kier molecular flexibility index (Phi) is 5.19. The van der Waals surface area contributed by atoms with E-state index in [1.165, 1.54) is 17.3 Å². The molecule has 1 aromatic carbocycles. The van der Waals surface area contributed by atoms with Crippen LogP contribution in [0.15, 0.2) is 47.5 Å². The number of hydrogen-bond acceptors (Lipinski definition) is 4. The molecule has 0 spiro atoms. The molecule has 2 fully saturated rings. The molecule has 2 saturated heterocycles. The lowest BCUT2D eigenvalue weighted by molar-refractivity contribution is 0.477. The third-order valence-corrected chi connectivity index (χ3v) is 7.75. The summed E-state index contributed by atoms with van der Waals surface area (Å²) in [5.74, 6) is 1.47. The van der Waals surface area contributed by atoms with E-state index in [0.29, 0.717) is 23.9 Å². The molecule has 6 heteroatoms. The second-order valence-electron chi connectivity index (χ2n) is 7.58. The molecule has 2 aliphatic rings. The van der Waals surface area contributed by atoms with E-state index in [1.807, 2.05) is 6.07 Å². The fourth-order valence-electron chi connectivity index (χ4n) is 4.25. The highest BCUT2D eigenvalue weighted by atomic mass is 32.2. The second-order valence-corrected chi connectivity index (χ2v) is 9.52. The fraction of sp³-hybridized carbons (Fsp3) is 0.476. The molecule has 0 unspecified atom stereocenters. The molecule has 0 bridgehead atoms. The summed E-state index contributed by atoms with van der Waals surface area (Å²) in [4.78, 5) is 7.05. The Hall–Kier alpha value is -1.92. The highest BCUT2D eigenvalue weighted by Crippen LogP contribution is 2.32. The molecule has 2 aromatic rings. The van der Waals surface area contributed by atoms with E-state index in [-0.39, 0.29) is 0 Å². The van der Waals surface area contributed by atoms with Crippen LogP contribution in [0.3, 0.4) is 0 Å². The first kappa shape index (κ1) is 18.4. The Morgan fingerprint density at radius 1 is 0.963 bits per heavy atom. The van der Waals surface area contributed by atoms with Gasteiger partial charge in [0.15, 0.2) is 0 Å². The maximum atomic E-state index is 12.6. The van der Waals surface area contributed by atoms with Crippen LogP contribution in [0.2, 0.25) is 0 Å². The van der Waals surface area contributed by atoms with Gasteiger partial charge in [-0.05, 0) is 61.8 Å². The zero-order valence-corrected chi connectivity index (χ0v) is 16.7. The molecular weight excluding hydrogens is 358 g/mol. The summed E-state index contributed by atoms with van der Waals surface area (Å²) in [6.45, 7) is 5.32. The first-order valence-corrected chi connectivity index (χ1v) is 11.3. The van der Waals surface area contributed by atoms with Gasteiger partial charge in [-0.15, -0.1) is 0 Å². The third kappa shape index (κ3) is 3.73. The number of anilines is 1. The predicted octanol–water partition coefficient (Wildman–Crippen LogP) is 3.56. The maximum absolute atomic E-state index is 12.6. The summed E-state index contributed by atoms with van der Waals surface area (Å²) in [6, 6.07) is 12.2. The molecule has 27 heavy (non-hydrogen) atoms. The molecule has 1 aromatic heterocycles. The number of hydrogen-bond donors (Lipinski definition) is 0. The topological polar surface area (TPSA) is 53.5 Å². The largest absolute Gasteiger partial charge is 0.357 e. The van der Waals surface area contributed by atoms with Crippen molar-refractivity contribution in [1.29, 1.82) is 0 Å². The van der Waals surface area contributed by atoms with Gasteiger partial charge >= 0.3 is 0 Å². The molecule has 3 heterocycles. The summed E-state index contributed by atoms with van der Waals surface area (Å²) in [5, 5.41) is 0. The monoisotopic (exact) mass is 385 g/mol. The van der Waals surface area contributed by atoms with Gasteiger partial charge in [0.05, 0.1) is 0 Å². The van der Waals surface area contributed by atoms with Crippen molar-refractivity contribution < 1.29 is 8.42 Å². The van der Waals surface area contributed by atoms with Gasteiger partial charge in [0, 0.05) is 32.4 Å². The Bertz CT molecular complexity index is 882. The van der Waals surface area contributed by atoms with Crippen molar-refractivity contribution in [3.05, 3.63) is 53.7 Å². The van der Waals surface area contributed by atoms with Gasteiger partial charge in [-0.2, -0.15) is 4.31 Å². The van der Waals surface area contributed by atoms with Gasteiger partial charge in [0.1, 0.15) is 10.7 Å². The molecule has 144 valence electrons. The summed E-state index contributed by atoms with van der Waals surface area (Å²) in [6.07, 6.45) is 5.61. The lowest BCUT2D eigenvalue weighted by atomic mass is 9.87. The van der Waals surface area contributed by atoms with Crippen molar-refractivity contribution in [3.63, 3.8) is 0 Å². The van der Waals surface area contributed by atoms with Crippen molar-refractivity contribution in [3.8, 4) is 0 Å². The number of pyridine rings is 1. The van der Waals surface area contributed by atoms with Gasteiger partial charge in [-0.25, -0.2) is 13.4 Å². The summed E-state index contributed by atoms with van der Waals surface area (Å²) >= 11 is 0. The number of sulfonamides is 1. The molecule has 0 N–H and O–H groups in total. The van der Waals surface area contributed by atoms with E-state index in [4.69, 9.17) is 0 Å². The Morgan fingerprint density at radius 3 is 2.30 bits per heavy atom. The zero-order valence-electron chi connectivity index (χ0n) is 15.8. The van der Waals surface area contributed by atoms with Gasteiger partial charge in [-0.3, -0.25) is 0 Å². The van der Waals surface area contributed by atoms with Gasteiger partial charge in [0.2, 0.25) is 10.0 Å². The van der Waals surface area contributed by atoms with Crippen molar-refractivity contribution in [2.45, 2.75) is 43.4 Å². The van der Waals surface area contributed by atoms with Crippen LogP contribution in [0.5, 0.6) is 0 Å². The van der Waals surface area contributed by atoms with Gasteiger partial charge in [-0.1, -0.05) is 24.3 Å². The van der Waals surface area contributed by atoms with Gasteiger partial charge < -0.3 is 4.90 Å². The van der Waals surface area contributed by atoms with E-state index in [0.717, 1.165) is 44.6 Å². The number of aryl methyl sites for hydroxylation is 1. The minimum absolute atomic E-state index is 0.308. The van der Waals surface area contributed by atoms with Crippen LogP contribution in [-0.2, 0) is 10.0 Å². The summed E-state index contributed by atoms with van der Waals surface area (Å²) < 4.78 is 26.8. The molecule has 4 rings (SSSR count). The number of rotatable bonds is 4. The third-order valence-electron chi connectivity index (χ3n) is 5.87. The van der Waals surface area contributed by atoms with Crippen molar-refractivity contribution in [1.82, 2.24) is 9.29 Å². The van der Waals surface area contributed by atoms with Crippen molar-refractivity contribution in [2.75, 3.05) is 31.1 Å². The molecular formula is C21H27N3O2S. The average molecular weight is 386 g/mol. The quantitative estimate of drug-likeness (QED) is 0.808. The summed E-state index contributed by atoms with van der Waals surface area (Å²) in [5.41, 5.74) is 2.82. The van der Waals surface area contributed by atoms with Gasteiger partial charge in [0.25, 0.3) is 0 Å². The minimum atomic E-state index is -3.38. The SMILES string of the molecule is Cc1ccccc1C1CCN(c2ccc(S(=O)(=O)N3CCCC3)cn2)CC1. The predicted molar refractivity (Wildman–Crippen MR) is 108 cm³/mol. The number of aromatic nitrogens is 1. The number of piperidine rings is 1. The van der Waals surface area contributed by atoms with Crippen molar-refractivity contribution in [2.24, 2.45) is 0 Å². The van der Waals surface area contributed by atoms with Crippen LogP contribution in [-0.4, -0.2) is 43.9 Å². The smallest absolute Gasteiger partial charge is 0.244 e. The normalized spacial score (nSPS) is 19.5. The van der Waals surface area contributed by atoms with Crippen LogP contribution >= 0.6 is 0 Å². The molecule has 0 atom stereocenters. The summed E-state index contributed by atoms with van der Waals surface area (Å²) in [7, 11) is -3.38. The maximum Gasteiger partial charge on any atom is 0.244 e. The average Bonchev–Trinajstić information content (AvgIpc) is 3.24. The molecule has 0 saturated carbocycles. The first-order valence-electron chi connectivity index (χ1n) is 9.82. The minimum Gasteiger partial charge on any atom is -0.357 e. The Labute approximate surface area is 162 Å². The zero-order chi connectivity index (χ0) is 18.9. The van der Waals surface area contributed by atoms with Crippen LogP contribution in [0.1, 0.15) is 42.7 Å². The fourth-order valence-corrected chi connectivity index (χ4v) is 5.72. The van der Waals surface area contributed by atoms with E-state index >= 15 is 0 Å². The lowest BCUT2D eigenvalue weighted by Gasteiger charge is -2.33. The molecule has 0 aliphatic carbocycles. The van der Waals surface area contributed by atoms with Crippen molar-refractivity contribution >= 4 is 15.8 Å². The van der Waals surface area contributed by atoms with Crippen LogP contribution in [0, 0.1) is 6.92 Å². The Balaban J connectivity index is 1.43. The molecule has 0 amide bonds. The van der Waals surface area contributed by atoms with E-state index in [2.05, 4.69) is 41.1 Å². The first-order chi connectivity index (χ1) is 13.1. The van der Waals surface area contributed by atoms with E-state index in [1.54, 1.807) is 10.4 Å².